The fraction of sp³-hybridized carbons (Fsp3) is 0.182. The number of allylic oxidation sites excluding steroid dienone is 1. The standard InChI is InChI=1S/C22H21BrClN5O3S/c1-3-10-29-19(12-25-21(31)15-6-4-5-7-16(15)23)27-28-22(29)33-13-20(30)26-17-11-14(24)8-9-18(17)32-2/h3-9,11H,1,10,12-13H2,2H3,(H,25,31)(H,26,30). The van der Waals surface area contributed by atoms with Gasteiger partial charge in [-0.15, -0.1) is 16.8 Å². The predicted molar refractivity (Wildman–Crippen MR) is 133 cm³/mol. The molecule has 0 bridgehead atoms. The minimum Gasteiger partial charge on any atom is -0.495 e. The summed E-state index contributed by atoms with van der Waals surface area (Å²) in [7, 11) is 1.52. The Labute approximate surface area is 208 Å². The van der Waals surface area contributed by atoms with E-state index >= 15 is 0 Å². The second-order valence-electron chi connectivity index (χ2n) is 6.64. The van der Waals surface area contributed by atoms with Crippen molar-refractivity contribution in [2.24, 2.45) is 0 Å². The fourth-order valence-corrected chi connectivity index (χ4v) is 4.27. The summed E-state index contributed by atoms with van der Waals surface area (Å²) in [5, 5.41) is 15.0. The summed E-state index contributed by atoms with van der Waals surface area (Å²) in [5.74, 6) is 0.663. The first-order valence-electron chi connectivity index (χ1n) is 9.74. The highest BCUT2D eigenvalue weighted by molar-refractivity contribution is 9.10. The average Bonchev–Trinajstić information content (AvgIpc) is 3.18. The van der Waals surface area contributed by atoms with Crippen LogP contribution in [0.2, 0.25) is 5.02 Å². The van der Waals surface area contributed by atoms with Crippen molar-refractivity contribution in [2.75, 3.05) is 18.2 Å². The third-order valence-corrected chi connectivity index (χ3v) is 6.29. The number of ether oxygens (including phenoxy) is 1. The quantitative estimate of drug-likeness (QED) is 0.284. The average molecular weight is 551 g/mol. The molecule has 0 atom stereocenters. The van der Waals surface area contributed by atoms with Crippen molar-refractivity contribution in [1.82, 2.24) is 20.1 Å². The Balaban J connectivity index is 1.64. The Kier molecular flexibility index (Phi) is 8.93. The number of anilines is 1. The maximum absolute atomic E-state index is 12.5. The number of halogens is 2. The fourth-order valence-electron chi connectivity index (χ4n) is 2.86. The SMILES string of the molecule is C=CCn1c(CNC(=O)c2ccccc2Br)nnc1SCC(=O)Nc1cc(Cl)ccc1OC. The normalized spacial score (nSPS) is 10.5. The van der Waals surface area contributed by atoms with Crippen LogP contribution in [0.1, 0.15) is 16.2 Å². The predicted octanol–water partition coefficient (Wildman–Crippen LogP) is 4.55. The van der Waals surface area contributed by atoms with E-state index in [1.54, 1.807) is 47.0 Å². The lowest BCUT2D eigenvalue weighted by Gasteiger charge is -2.11. The van der Waals surface area contributed by atoms with Crippen LogP contribution >= 0.6 is 39.3 Å². The first-order chi connectivity index (χ1) is 15.9. The summed E-state index contributed by atoms with van der Waals surface area (Å²) >= 11 is 10.6. The Hall–Kier alpha value is -2.82. The smallest absolute Gasteiger partial charge is 0.252 e. The molecule has 1 aromatic heterocycles. The summed E-state index contributed by atoms with van der Waals surface area (Å²) in [6.07, 6.45) is 1.70. The van der Waals surface area contributed by atoms with Crippen LogP contribution in [0.3, 0.4) is 0 Å². The molecule has 0 spiro atoms. The number of thioether (sulfide) groups is 1. The van der Waals surface area contributed by atoms with Gasteiger partial charge in [0.15, 0.2) is 11.0 Å². The molecule has 33 heavy (non-hydrogen) atoms. The number of amides is 2. The highest BCUT2D eigenvalue weighted by Crippen LogP contribution is 2.28. The van der Waals surface area contributed by atoms with Gasteiger partial charge in [-0.05, 0) is 46.3 Å². The molecule has 2 aromatic carbocycles. The molecule has 2 N–H and O–H groups in total. The summed E-state index contributed by atoms with van der Waals surface area (Å²) in [4.78, 5) is 25.0. The van der Waals surface area contributed by atoms with Crippen molar-refractivity contribution in [3.63, 3.8) is 0 Å². The third-order valence-electron chi connectivity index (χ3n) is 4.40. The van der Waals surface area contributed by atoms with E-state index in [2.05, 4.69) is 43.3 Å². The van der Waals surface area contributed by atoms with E-state index in [0.29, 0.717) is 44.0 Å². The van der Waals surface area contributed by atoms with Crippen molar-refractivity contribution in [2.45, 2.75) is 18.2 Å². The van der Waals surface area contributed by atoms with Gasteiger partial charge in [-0.25, -0.2) is 0 Å². The number of carbonyl (C=O) groups excluding carboxylic acids is 2. The maximum atomic E-state index is 12.5. The molecule has 3 aromatic rings. The topological polar surface area (TPSA) is 98.1 Å². The second-order valence-corrected chi connectivity index (χ2v) is 8.88. The molecule has 0 unspecified atom stereocenters. The number of hydrogen-bond acceptors (Lipinski definition) is 6. The molecule has 3 rings (SSSR count). The Morgan fingerprint density at radius 2 is 2.06 bits per heavy atom. The molecular weight excluding hydrogens is 530 g/mol. The summed E-state index contributed by atoms with van der Waals surface area (Å²) in [6.45, 7) is 4.37. The number of carbonyl (C=O) groups is 2. The van der Waals surface area contributed by atoms with Crippen molar-refractivity contribution < 1.29 is 14.3 Å². The highest BCUT2D eigenvalue weighted by Gasteiger charge is 2.16. The van der Waals surface area contributed by atoms with Gasteiger partial charge in [0.25, 0.3) is 5.91 Å². The van der Waals surface area contributed by atoms with Crippen LogP contribution in [0.4, 0.5) is 5.69 Å². The molecule has 0 aliphatic rings. The monoisotopic (exact) mass is 549 g/mol. The van der Waals surface area contributed by atoms with Gasteiger partial charge in [-0.3, -0.25) is 9.59 Å². The first-order valence-corrected chi connectivity index (χ1v) is 11.9. The minimum absolute atomic E-state index is 0.0915. The van der Waals surface area contributed by atoms with Crippen molar-refractivity contribution in [3.8, 4) is 5.75 Å². The summed E-state index contributed by atoms with van der Waals surface area (Å²) in [6, 6.07) is 12.1. The van der Waals surface area contributed by atoms with Crippen LogP contribution < -0.4 is 15.4 Å². The molecule has 0 aliphatic heterocycles. The molecule has 0 saturated carbocycles. The molecule has 0 fully saturated rings. The lowest BCUT2D eigenvalue weighted by molar-refractivity contribution is -0.113. The Morgan fingerprint density at radius 1 is 1.27 bits per heavy atom. The van der Waals surface area contributed by atoms with Crippen LogP contribution in [0.25, 0.3) is 0 Å². The molecular formula is C22H21BrClN5O3S. The van der Waals surface area contributed by atoms with E-state index in [-0.39, 0.29) is 24.1 Å². The molecule has 2 amide bonds. The molecule has 172 valence electrons. The molecule has 8 nitrogen and oxygen atoms in total. The van der Waals surface area contributed by atoms with Gasteiger partial charge in [-0.2, -0.15) is 0 Å². The minimum atomic E-state index is -0.252. The molecule has 11 heteroatoms. The van der Waals surface area contributed by atoms with E-state index in [9.17, 15) is 9.59 Å². The van der Waals surface area contributed by atoms with Crippen LogP contribution in [0.5, 0.6) is 5.75 Å². The zero-order valence-corrected chi connectivity index (χ0v) is 20.8. The molecule has 0 saturated heterocycles. The summed E-state index contributed by atoms with van der Waals surface area (Å²) in [5.41, 5.74) is 1.01. The van der Waals surface area contributed by atoms with Crippen LogP contribution in [-0.4, -0.2) is 39.4 Å². The molecule has 0 aliphatic carbocycles. The first kappa shape index (κ1) is 24.8. The lowest BCUT2D eigenvalue weighted by Crippen LogP contribution is -2.25. The lowest BCUT2D eigenvalue weighted by atomic mass is 10.2. The van der Waals surface area contributed by atoms with Gasteiger partial charge in [0.1, 0.15) is 5.75 Å². The third kappa shape index (κ3) is 6.59. The van der Waals surface area contributed by atoms with E-state index in [1.807, 2.05) is 6.07 Å². The van der Waals surface area contributed by atoms with Gasteiger partial charge >= 0.3 is 0 Å². The number of aromatic nitrogens is 3. The van der Waals surface area contributed by atoms with Crippen LogP contribution in [0, 0.1) is 0 Å². The molecule has 0 radical (unpaired) electrons. The second kappa shape index (κ2) is 11.9. The number of methoxy groups -OCH3 is 1. The summed E-state index contributed by atoms with van der Waals surface area (Å²) < 4.78 is 7.75. The zero-order valence-electron chi connectivity index (χ0n) is 17.7. The van der Waals surface area contributed by atoms with Gasteiger partial charge in [0.05, 0.1) is 30.7 Å². The van der Waals surface area contributed by atoms with Gasteiger partial charge in [0.2, 0.25) is 5.91 Å². The maximum Gasteiger partial charge on any atom is 0.252 e. The van der Waals surface area contributed by atoms with Gasteiger partial charge < -0.3 is 19.9 Å². The largest absolute Gasteiger partial charge is 0.495 e. The van der Waals surface area contributed by atoms with Crippen molar-refractivity contribution in [1.29, 1.82) is 0 Å². The Morgan fingerprint density at radius 3 is 2.79 bits per heavy atom. The van der Waals surface area contributed by atoms with Gasteiger partial charge in [-0.1, -0.05) is 41.6 Å². The van der Waals surface area contributed by atoms with E-state index < -0.39 is 0 Å². The molecule has 1 heterocycles. The van der Waals surface area contributed by atoms with E-state index in [0.717, 1.165) is 0 Å². The Bertz CT molecular complexity index is 1170. The van der Waals surface area contributed by atoms with E-state index in [4.69, 9.17) is 16.3 Å². The number of nitrogens with zero attached hydrogens (tertiary/aromatic N) is 3. The zero-order chi connectivity index (χ0) is 23.8. The number of hydrogen-bond donors (Lipinski definition) is 2. The number of benzene rings is 2. The van der Waals surface area contributed by atoms with E-state index in [1.165, 1.54) is 18.9 Å². The number of nitrogens with one attached hydrogen (secondary N) is 2. The van der Waals surface area contributed by atoms with Gasteiger partial charge in [0, 0.05) is 16.0 Å². The number of rotatable bonds is 10. The van der Waals surface area contributed by atoms with Crippen LogP contribution in [0.15, 0.2) is 64.7 Å². The highest BCUT2D eigenvalue weighted by atomic mass is 79.9. The van der Waals surface area contributed by atoms with Crippen molar-refractivity contribution >= 4 is 56.8 Å². The van der Waals surface area contributed by atoms with Crippen molar-refractivity contribution in [3.05, 3.63) is 76.0 Å². The van der Waals surface area contributed by atoms with Crippen LogP contribution in [-0.2, 0) is 17.9 Å².